The molecule has 1 fully saturated rings. The second-order valence-electron chi connectivity index (χ2n) is 4.84. The minimum absolute atomic E-state index is 0.450. The summed E-state index contributed by atoms with van der Waals surface area (Å²) in [6.07, 6.45) is 4.08. The highest BCUT2D eigenvalue weighted by molar-refractivity contribution is 4.87. The van der Waals surface area contributed by atoms with Crippen LogP contribution in [-0.4, -0.2) is 38.1 Å². The molecule has 0 aromatic carbocycles. The summed E-state index contributed by atoms with van der Waals surface area (Å²) in [5.41, 5.74) is 0.450. The van der Waals surface area contributed by atoms with Crippen LogP contribution in [0.4, 0.5) is 0 Å². The average molecular weight is 184 g/mol. The highest BCUT2D eigenvalue weighted by Crippen LogP contribution is 2.29. The van der Waals surface area contributed by atoms with Crippen molar-refractivity contribution in [2.75, 3.05) is 27.2 Å². The quantitative estimate of drug-likeness (QED) is 0.676. The second-order valence-corrected chi connectivity index (χ2v) is 4.84. The van der Waals surface area contributed by atoms with E-state index in [1.807, 2.05) is 7.05 Å². The number of nitrogens with zero attached hydrogens (tertiary/aromatic N) is 1. The number of hydrogen-bond acceptors (Lipinski definition) is 2. The van der Waals surface area contributed by atoms with Gasteiger partial charge >= 0.3 is 0 Å². The molecular weight excluding hydrogens is 160 g/mol. The molecule has 1 aliphatic carbocycles. The van der Waals surface area contributed by atoms with Crippen LogP contribution < -0.4 is 5.32 Å². The lowest BCUT2D eigenvalue weighted by Gasteiger charge is -2.33. The largest absolute Gasteiger partial charge is 0.319 e. The Bertz CT molecular complexity index is 154. The molecule has 0 saturated heterocycles. The van der Waals surface area contributed by atoms with Crippen LogP contribution in [0.3, 0.4) is 0 Å². The average Bonchev–Trinajstić information content (AvgIpc) is 2.87. The van der Waals surface area contributed by atoms with Gasteiger partial charge in [0.15, 0.2) is 0 Å². The van der Waals surface area contributed by atoms with Crippen LogP contribution in [0.1, 0.15) is 33.1 Å². The van der Waals surface area contributed by atoms with Gasteiger partial charge in [-0.3, -0.25) is 0 Å². The summed E-state index contributed by atoms with van der Waals surface area (Å²) in [6.45, 7) is 7.02. The lowest BCUT2D eigenvalue weighted by atomic mass is 9.87. The Morgan fingerprint density at radius 3 is 2.46 bits per heavy atom. The van der Waals surface area contributed by atoms with E-state index in [0.29, 0.717) is 5.41 Å². The predicted molar refractivity (Wildman–Crippen MR) is 58.0 cm³/mol. The third-order valence-corrected chi connectivity index (χ3v) is 3.26. The van der Waals surface area contributed by atoms with Crippen molar-refractivity contribution in [3.8, 4) is 0 Å². The molecule has 0 aromatic rings. The van der Waals surface area contributed by atoms with E-state index >= 15 is 0 Å². The van der Waals surface area contributed by atoms with E-state index in [-0.39, 0.29) is 0 Å². The first-order valence-electron chi connectivity index (χ1n) is 5.46. The summed E-state index contributed by atoms with van der Waals surface area (Å²) < 4.78 is 0. The van der Waals surface area contributed by atoms with Crippen LogP contribution in [0.25, 0.3) is 0 Å². The summed E-state index contributed by atoms with van der Waals surface area (Å²) in [4.78, 5) is 2.53. The van der Waals surface area contributed by atoms with Crippen molar-refractivity contribution < 1.29 is 0 Å². The molecular formula is C11H24N2. The standard InChI is InChI=1S/C11H24N2/c1-5-11(2,8-12-3)9-13(4)10-6-7-10/h10,12H,5-9H2,1-4H3. The molecule has 2 nitrogen and oxygen atoms in total. The molecule has 1 atom stereocenters. The molecule has 78 valence electrons. The molecule has 0 aliphatic heterocycles. The summed E-state index contributed by atoms with van der Waals surface area (Å²) in [5.74, 6) is 0. The van der Waals surface area contributed by atoms with E-state index in [1.165, 1.54) is 25.8 Å². The van der Waals surface area contributed by atoms with Crippen LogP contribution in [-0.2, 0) is 0 Å². The van der Waals surface area contributed by atoms with E-state index in [1.54, 1.807) is 0 Å². The minimum atomic E-state index is 0.450. The van der Waals surface area contributed by atoms with Crippen molar-refractivity contribution in [1.29, 1.82) is 0 Å². The third-order valence-electron chi connectivity index (χ3n) is 3.26. The highest BCUT2D eigenvalue weighted by atomic mass is 15.2. The maximum absolute atomic E-state index is 3.30. The molecule has 0 spiro atoms. The van der Waals surface area contributed by atoms with Gasteiger partial charge in [-0.05, 0) is 38.8 Å². The molecule has 0 radical (unpaired) electrons. The van der Waals surface area contributed by atoms with Crippen LogP contribution in [0.5, 0.6) is 0 Å². The van der Waals surface area contributed by atoms with Crippen LogP contribution in [0.2, 0.25) is 0 Å². The summed E-state index contributed by atoms with van der Waals surface area (Å²) >= 11 is 0. The SMILES string of the molecule is CCC(C)(CNC)CN(C)C1CC1. The zero-order valence-corrected chi connectivity index (χ0v) is 9.56. The zero-order valence-electron chi connectivity index (χ0n) is 9.56. The smallest absolute Gasteiger partial charge is 0.00936 e. The zero-order chi connectivity index (χ0) is 9.90. The Hall–Kier alpha value is -0.0800. The molecule has 0 bridgehead atoms. The fourth-order valence-electron chi connectivity index (χ4n) is 1.97. The Morgan fingerprint density at radius 1 is 1.46 bits per heavy atom. The van der Waals surface area contributed by atoms with Crippen molar-refractivity contribution in [1.82, 2.24) is 10.2 Å². The molecule has 1 N–H and O–H groups in total. The maximum Gasteiger partial charge on any atom is 0.00936 e. The monoisotopic (exact) mass is 184 g/mol. The fourth-order valence-corrected chi connectivity index (χ4v) is 1.97. The van der Waals surface area contributed by atoms with Gasteiger partial charge in [-0.15, -0.1) is 0 Å². The molecule has 2 heteroatoms. The van der Waals surface area contributed by atoms with Gasteiger partial charge in [0, 0.05) is 19.1 Å². The molecule has 0 amide bonds. The maximum atomic E-state index is 3.30. The van der Waals surface area contributed by atoms with Crippen molar-refractivity contribution >= 4 is 0 Å². The molecule has 1 rings (SSSR count). The summed E-state index contributed by atoms with van der Waals surface area (Å²) in [6, 6.07) is 0.891. The normalized spacial score (nSPS) is 21.9. The second kappa shape index (κ2) is 4.43. The van der Waals surface area contributed by atoms with Gasteiger partial charge in [0.25, 0.3) is 0 Å². The minimum Gasteiger partial charge on any atom is -0.319 e. The van der Waals surface area contributed by atoms with E-state index in [9.17, 15) is 0 Å². The van der Waals surface area contributed by atoms with Crippen molar-refractivity contribution in [3.05, 3.63) is 0 Å². The van der Waals surface area contributed by atoms with Gasteiger partial charge in [-0.25, -0.2) is 0 Å². The number of hydrogen-bond donors (Lipinski definition) is 1. The summed E-state index contributed by atoms with van der Waals surface area (Å²) in [7, 11) is 4.31. The van der Waals surface area contributed by atoms with E-state index in [2.05, 4.69) is 31.1 Å². The first-order valence-corrected chi connectivity index (χ1v) is 5.46. The fraction of sp³-hybridized carbons (Fsp3) is 1.00. The Kier molecular flexibility index (Phi) is 3.74. The Morgan fingerprint density at radius 2 is 2.08 bits per heavy atom. The van der Waals surface area contributed by atoms with Gasteiger partial charge < -0.3 is 10.2 Å². The number of nitrogens with one attached hydrogen (secondary N) is 1. The van der Waals surface area contributed by atoms with E-state index in [0.717, 1.165) is 12.6 Å². The van der Waals surface area contributed by atoms with Crippen LogP contribution in [0.15, 0.2) is 0 Å². The van der Waals surface area contributed by atoms with Gasteiger partial charge in [-0.2, -0.15) is 0 Å². The molecule has 0 heterocycles. The number of rotatable bonds is 6. The molecule has 13 heavy (non-hydrogen) atoms. The summed E-state index contributed by atoms with van der Waals surface area (Å²) in [5, 5.41) is 3.30. The molecule has 0 aromatic heterocycles. The van der Waals surface area contributed by atoms with E-state index < -0.39 is 0 Å². The Labute approximate surface area is 82.7 Å². The van der Waals surface area contributed by atoms with Crippen LogP contribution in [0, 0.1) is 5.41 Å². The lowest BCUT2D eigenvalue weighted by molar-refractivity contribution is 0.177. The lowest BCUT2D eigenvalue weighted by Crippen LogP contribution is -2.40. The molecule has 1 unspecified atom stereocenters. The topological polar surface area (TPSA) is 15.3 Å². The first kappa shape index (κ1) is 11.0. The third kappa shape index (κ3) is 3.28. The van der Waals surface area contributed by atoms with Gasteiger partial charge in [0.05, 0.1) is 0 Å². The van der Waals surface area contributed by atoms with Crippen molar-refractivity contribution in [2.24, 2.45) is 5.41 Å². The predicted octanol–water partition coefficient (Wildman–Crippen LogP) is 1.72. The van der Waals surface area contributed by atoms with Crippen molar-refractivity contribution in [3.63, 3.8) is 0 Å². The molecule has 1 aliphatic rings. The van der Waals surface area contributed by atoms with Gasteiger partial charge in [0.1, 0.15) is 0 Å². The highest BCUT2D eigenvalue weighted by Gasteiger charge is 2.31. The van der Waals surface area contributed by atoms with E-state index in [4.69, 9.17) is 0 Å². The van der Waals surface area contributed by atoms with Crippen molar-refractivity contribution in [2.45, 2.75) is 39.2 Å². The Balaban J connectivity index is 2.36. The molecule has 1 saturated carbocycles. The first-order chi connectivity index (χ1) is 6.11. The van der Waals surface area contributed by atoms with Gasteiger partial charge in [0.2, 0.25) is 0 Å². The van der Waals surface area contributed by atoms with Crippen LogP contribution >= 0.6 is 0 Å². The van der Waals surface area contributed by atoms with Gasteiger partial charge in [-0.1, -0.05) is 13.8 Å².